The van der Waals surface area contributed by atoms with Gasteiger partial charge in [-0.2, -0.15) is 4.21 Å². The van der Waals surface area contributed by atoms with Crippen LogP contribution in [0.1, 0.15) is 63.4 Å². The predicted octanol–water partition coefficient (Wildman–Crippen LogP) is 6.74. The Kier molecular flexibility index (Phi) is 9.72. The van der Waals surface area contributed by atoms with Crippen LogP contribution in [0.3, 0.4) is 0 Å². The number of aryl methyl sites for hydroxylation is 1. The number of rotatable bonds is 11. The van der Waals surface area contributed by atoms with Crippen LogP contribution in [-0.4, -0.2) is 54.7 Å². The number of nitrogens with one attached hydrogen (secondary N) is 2. The van der Waals surface area contributed by atoms with Crippen molar-refractivity contribution in [1.29, 1.82) is 0 Å². The fraction of sp³-hybridized carbons (Fsp3) is 0.412. The SMILES string of the molecule is [C-]#[N+]c1cn2[nH]c(-c3ccc(OC)c(NS(=O)Oc4cc(C)ccc4OC(C)(C)C(=O)O)c3)nc2c1C(=O)OC1C(C)CC(C)CC1C. The molecule has 3 N–H and O–H groups in total. The molecule has 48 heavy (non-hydrogen) atoms. The number of hydrogen-bond donors (Lipinski definition) is 3. The van der Waals surface area contributed by atoms with E-state index >= 15 is 0 Å². The molecule has 0 bridgehead atoms. The van der Waals surface area contributed by atoms with Gasteiger partial charge in [0.05, 0.1) is 19.4 Å². The highest BCUT2D eigenvalue weighted by Crippen LogP contribution is 2.38. The number of H-pyrrole nitrogens is 1. The number of carboxylic acid groups (broad SMARTS) is 1. The van der Waals surface area contributed by atoms with Crippen molar-refractivity contribution in [2.75, 3.05) is 11.8 Å². The molecular formula is C34H39N5O8S. The normalized spacial score (nSPS) is 20.0. The maximum Gasteiger partial charge on any atom is 0.347 e. The molecule has 4 aromatic rings. The van der Waals surface area contributed by atoms with E-state index < -0.39 is 28.8 Å². The van der Waals surface area contributed by atoms with Gasteiger partial charge in [-0.1, -0.05) is 26.8 Å². The van der Waals surface area contributed by atoms with Crippen molar-refractivity contribution in [3.8, 4) is 28.6 Å². The minimum absolute atomic E-state index is 0.0769. The quantitative estimate of drug-likeness (QED) is 0.116. The molecule has 0 saturated heterocycles. The average molecular weight is 678 g/mol. The highest BCUT2D eigenvalue weighted by molar-refractivity contribution is 7.82. The van der Waals surface area contributed by atoms with Crippen LogP contribution in [0.15, 0.2) is 42.6 Å². The van der Waals surface area contributed by atoms with Crippen LogP contribution in [0.4, 0.5) is 11.4 Å². The Morgan fingerprint density at radius 2 is 1.79 bits per heavy atom. The van der Waals surface area contributed by atoms with E-state index in [0.717, 1.165) is 18.4 Å². The Balaban J connectivity index is 1.40. The zero-order chi connectivity index (χ0) is 34.9. The summed E-state index contributed by atoms with van der Waals surface area (Å²) in [7, 11) is 1.46. The number of fused-ring (bicyclic) bond motifs is 1. The molecule has 0 aliphatic heterocycles. The number of nitrogens with zero attached hydrogens (tertiary/aromatic N) is 3. The largest absolute Gasteiger partial charge is 0.495 e. The van der Waals surface area contributed by atoms with Crippen LogP contribution in [0, 0.1) is 31.2 Å². The van der Waals surface area contributed by atoms with Crippen molar-refractivity contribution >= 4 is 40.2 Å². The van der Waals surface area contributed by atoms with Gasteiger partial charge in [0.15, 0.2) is 28.6 Å². The molecule has 254 valence electrons. The lowest BCUT2D eigenvalue weighted by molar-refractivity contribution is -0.152. The molecule has 2 aromatic heterocycles. The fourth-order valence-corrected chi connectivity index (χ4v) is 6.83. The molecule has 3 unspecified atom stereocenters. The van der Waals surface area contributed by atoms with Gasteiger partial charge in [0.2, 0.25) is 5.69 Å². The first-order valence-corrected chi connectivity index (χ1v) is 16.6. The van der Waals surface area contributed by atoms with Crippen LogP contribution >= 0.6 is 0 Å². The lowest BCUT2D eigenvalue weighted by Crippen LogP contribution is -2.38. The number of carbonyl (C=O) groups is 2. The summed E-state index contributed by atoms with van der Waals surface area (Å²) in [6, 6.07) is 9.87. The molecular weight excluding hydrogens is 638 g/mol. The van der Waals surface area contributed by atoms with Gasteiger partial charge in [0.1, 0.15) is 17.4 Å². The van der Waals surface area contributed by atoms with Gasteiger partial charge < -0.3 is 23.5 Å². The third-order valence-corrected chi connectivity index (χ3v) is 9.17. The summed E-state index contributed by atoms with van der Waals surface area (Å²) >= 11 is -2.18. The van der Waals surface area contributed by atoms with Crippen LogP contribution in [0.25, 0.3) is 21.9 Å². The van der Waals surface area contributed by atoms with Crippen LogP contribution in [-0.2, 0) is 20.8 Å². The molecule has 1 fully saturated rings. The molecule has 5 rings (SSSR count). The maximum absolute atomic E-state index is 13.5. The molecule has 0 spiro atoms. The average Bonchev–Trinajstić information content (AvgIpc) is 3.58. The maximum atomic E-state index is 13.5. The number of ether oxygens (including phenoxy) is 3. The monoisotopic (exact) mass is 677 g/mol. The third kappa shape index (κ3) is 7.11. The molecule has 1 aliphatic carbocycles. The summed E-state index contributed by atoms with van der Waals surface area (Å²) in [6.07, 6.45) is 3.17. The van der Waals surface area contributed by atoms with Crippen molar-refractivity contribution in [1.82, 2.24) is 14.6 Å². The number of benzene rings is 2. The molecule has 1 aliphatic rings. The highest BCUT2D eigenvalue weighted by Gasteiger charge is 2.36. The van der Waals surface area contributed by atoms with E-state index in [2.05, 4.69) is 40.4 Å². The number of aromatic amines is 1. The lowest BCUT2D eigenvalue weighted by atomic mass is 9.75. The van der Waals surface area contributed by atoms with Crippen molar-refractivity contribution in [3.63, 3.8) is 0 Å². The van der Waals surface area contributed by atoms with Gasteiger partial charge in [-0.15, -0.1) is 0 Å². The van der Waals surface area contributed by atoms with Gasteiger partial charge in [-0.3, -0.25) is 14.3 Å². The fourth-order valence-electron chi connectivity index (χ4n) is 6.15. The second-order valence-electron chi connectivity index (χ2n) is 12.9. The van der Waals surface area contributed by atoms with Crippen molar-refractivity contribution in [2.45, 2.75) is 66.1 Å². The number of aromatic nitrogens is 3. The topological polar surface area (TPSA) is 158 Å². The Labute approximate surface area is 281 Å². The first-order valence-electron chi connectivity index (χ1n) is 15.5. The van der Waals surface area contributed by atoms with E-state index in [1.807, 2.05) is 0 Å². The van der Waals surface area contributed by atoms with Gasteiger partial charge >= 0.3 is 23.2 Å². The zero-order valence-corrected chi connectivity index (χ0v) is 28.6. The van der Waals surface area contributed by atoms with Gasteiger partial charge in [-0.05, 0) is 87.3 Å². The Morgan fingerprint density at radius 3 is 2.44 bits per heavy atom. The number of carboxylic acids is 1. The molecule has 0 amide bonds. The summed E-state index contributed by atoms with van der Waals surface area (Å²) in [6.45, 7) is 18.6. The van der Waals surface area contributed by atoms with Crippen molar-refractivity contribution in [3.05, 3.63) is 65.1 Å². The Morgan fingerprint density at radius 1 is 1.10 bits per heavy atom. The van der Waals surface area contributed by atoms with Crippen molar-refractivity contribution in [2.24, 2.45) is 17.8 Å². The molecule has 2 aromatic carbocycles. The summed E-state index contributed by atoms with van der Waals surface area (Å²) in [5.41, 5.74) is 0.531. The second kappa shape index (κ2) is 13.6. The van der Waals surface area contributed by atoms with E-state index in [1.165, 1.54) is 31.7 Å². The smallest absolute Gasteiger partial charge is 0.347 e. The second-order valence-corrected chi connectivity index (χ2v) is 13.7. The number of aliphatic carboxylic acids is 1. The van der Waals surface area contributed by atoms with Gasteiger partial charge in [0, 0.05) is 11.8 Å². The highest BCUT2D eigenvalue weighted by atomic mass is 32.2. The molecule has 1 saturated carbocycles. The van der Waals surface area contributed by atoms with Gasteiger partial charge in [-0.25, -0.2) is 19.4 Å². The number of esters is 1. The number of methoxy groups -OCH3 is 1. The first-order chi connectivity index (χ1) is 22.7. The summed E-state index contributed by atoms with van der Waals surface area (Å²) in [4.78, 5) is 33.3. The molecule has 2 heterocycles. The van der Waals surface area contributed by atoms with E-state index in [1.54, 1.807) is 43.3 Å². The number of carbonyl (C=O) groups excluding carboxylic acids is 1. The van der Waals surface area contributed by atoms with Crippen LogP contribution in [0.5, 0.6) is 17.2 Å². The summed E-state index contributed by atoms with van der Waals surface area (Å²) < 4.78 is 40.3. The summed E-state index contributed by atoms with van der Waals surface area (Å²) in [5.74, 6) is 0.0720. The summed E-state index contributed by atoms with van der Waals surface area (Å²) in [5, 5.41) is 12.6. The number of hydrogen-bond acceptors (Lipinski definition) is 8. The van der Waals surface area contributed by atoms with Crippen LogP contribution < -0.4 is 18.4 Å². The van der Waals surface area contributed by atoms with E-state index in [-0.39, 0.29) is 46.3 Å². The molecule has 0 radical (unpaired) electrons. The van der Waals surface area contributed by atoms with E-state index in [9.17, 15) is 18.9 Å². The lowest BCUT2D eigenvalue weighted by Gasteiger charge is -2.37. The molecule has 14 heteroatoms. The molecule has 3 atom stereocenters. The van der Waals surface area contributed by atoms with Gasteiger partial charge in [0.25, 0.3) is 0 Å². The van der Waals surface area contributed by atoms with E-state index in [0.29, 0.717) is 28.7 Å². The zero-order valence-electron chi connectivity index (χ0n) is 27.8. The molecule has 13 nitrogen and oxygen atoms in total. The van der Waals surface area contributed by atoms with E-state index in [4.69, 9.17) is 25.0 Å². The number of anilines is 1. The van der Waals surface area contributed by atoms with Crippen molar-refractivity contribution < 1.29 is 37.3 Å². The first kappa shape index (κ1) is 34.3. The minimum Gasteiger partial charge on any atom is -0.495 e. The Hall–Kier alpha value is -5.03. The minimum atomic E-state index is -2.18. The predicted molar refractivity (Wildman–Crippen MR) is 180 cm³/mol. The van der Waals surface area contributed by atoms with Crippen LogP contribution in [0.2, 0.25) is 0 Å². The Bertz CT molecular complexity index is 1910. The standard InChI is InChI=1S/C34H39N5O8S/c1-18-9-11-26(46-34(5,6)33(41)42)27(15-18)47-48(43)38-23-16-22(10-12-25(23)44-8)30-36-31-28(24(35-7)17-39(31)37-30)32(40)45-29-20(3)13-19(2)14-21(29)4/h9-12,15-17,19-21,29,38H,13-14H2,1-6,8H3,(H,36,37)(H,41,42). The third-order valence-electron chi connectivity index (χ3n) is 8.45.